The van der Waals surface area contributed by atoms with Gasteiger partial charge in [0.15, 0.2) is 5.82 Å². The monoisotopic (exact) mass is 506 g/mol. The molecule has 0 bridgehead atoms. The minimum absolute atomic E-state index is 0.0993. The number of aryl methyl sites for hydroxylation is 1. The van der Waals surface area contributed by atoms with Crippen molar-refractivity contribution in [3.8, 4) is 11.1 Å². The number of amides is 1. The fourth-order valence-corrected chi connectivity index (χ4v) is 4.07. The molecule has 1 atom stereocenters. The molecular formula is C28H21ClF2N2O3. The number of nitrogens with one attached hydrogen (secondary N) is 1. The number of pyridine rings is 1. The Hall–Kier alpha value is -4.10. The summed E-state index contributed by atoms with van der Waals surface area (Å²) in [7, 11) is 0. The number of aromatic nitrogens is 1. The van der Waals surface area contributed by atoms with Crippen molar-refractivity contribution < 1.29 is 23.5 Å². The molecule has 1 unspecified atom stereocenters. The van der Waals surface area contributed by atoms with Crippen LogP contribution in [0.1, 0.15) is 33.1 Å². The third-order valence-corrected chi connectivity index (χ3v) is 6.09. The summed E-state index contributed by atoms with van der Waals surface area (Å²) >= 11 is 5.86. The maximum absolute atomic E-state index is 14.6. The molecule has 36 heavy (non-hydrogen) atoms. The summed E-state index contributed by atoms with van der Waals surface area (Å²) in [6.45, 7) is 1.68. The number of hydrogen-bond donors (Lipinski definition) is 2. The lowest BCUT2D eigenvalue weighted by atomic mass is 9.92. The van der Waals surface area contributed by atoms with Gasteiger partial charge in [0.05, 0.1) is 27.8 Å². The lowest BCUT2D eigenvalue weighted by Gasteiger charge is -2.19. The number of halogens is 3. The maximum Gasteiger partial charge on any atom is 0.335 e. The third kappa shape index (κ3) is 5.42. The standard InChI is InChI=1S/C28H21ClF2N2O3/c1-16-13-24(32-15-21(16)25-23(30)12-11-22(29)26(25)31)20(14-17-5-3-2-4-6-17)27(34)33-19-9-7-18(8-10-19)28(35)36/h2-13,15,20H,14H2,1H3,(H,33,34)(H,35,36). The van der Waals surface area contributed by atoms with E-state index in [2.05, 4.69) is 10.3 Å². The van der Waals surface area contributed by atoms with Crippen molar-refractivity contribution >= 4 is 29.2 Å². The van der Waals surface area contributed by atoms with Crippen LogP contribution < -0.4 is 5.32 Å². The number of benzene rings is 3. The smallest absolute Gasteiger partial charge is 0.335 e. The summed E-state index contributed by atoms with van der Waals surface area (Å²) in [5.74, 6) is -3.80. The molecule has 0 fully saturated rings. The zero-order valence-corrected chi connectivity index (χ0v) is 19.9. The van der Waals surface area contributed by atoms with Crippen molar-refractivity contribution in [3.05, 3.63) is 118 Å². The van der Waals surface area contributed by atoms with E-state index in [1.165, 1.54) is 30.5 Å². The molecule has 0 aliphatic carbocycles. The molecule has 4 rings (SSSR count). The van der Waals surface area contributed by atoms with Gasteiger partial charge in [0.1, 0.15) is 5.82 Å². The second-order valence-corrected chi connectivity index (χ2v) is 8.66. The molecule has 0 saturated carbocycles. The van der Waals surface area contributed by atoms with Crippen molar-refractivity contribution in [2.24, 2.45) is 0 Å². The van der Waals surface area contributed by atoms with Crippen molar-refractivity contribution in [1.82, 2.24) is 4.98 Å². The first-order valence-corrected chi connectivity index (χ1v) is 11.4. The van der Waals surface area contributed by atoms with E-state index in [-0.39, 0.29) is 27.6 Å². The van der Waals surface area contributed by atoms with Crippen LogP contribution in [0.25, 0.3) is 11.1 Å². The lowest BCUT2D eigenvalue weighted by molar-refractivity contribution is -0.117. The topological polar surface area (TPSA) is 79.3 Å². The summed E-state index contributed by atoms with van der Waals surface area (Å²) in [5, 5.41) is 11.7. The number of hydrogen-bond acceptors (Lipinski definition) is 3. The van der Waals surface area contributed by atoms with Gasteiger partial charge >= 0.3 is 5.97 Å². The first-order valence-electron chi connectivity index (χ1n) is 11.0. The number of rotatable bonds is 7. The van der Waals surface area contributed by atoms with E-state index < -0.39 is 23.5 Å². The van der Waals surface area contributed by atoms with Gasteiger partial charge in [0.25, 0.3) is 0 Å². The van der Waals surface area contributed by atoms with E-state index in [1.807, 2.05) is 30.3 Å². The minimum Gasteiger partial charge on any atom is -0.478 e. The van der Waals surface area contributed by atoms with Gasteiger partial charge in [0, 0.05) is 17.4 Å². The first-order chi connectivity index (χ1) is 17.2. The number of carbonyl (C=O) groups is 2. The molecule has 5 nitrogen and oxygen atoms in total. The van der Waals surface area contributed by atoms with Gasteiger partial charge in [-0.1, -0.05) is 41.9 Å². The van der Waals surface area contributed by atoms with Gasteiger partial charge in [0.2, 0.25) is 5.91 Å². The largest absolute Gasteiger partial charge is 0.478 e. The third-order valence-electron chi connectivity index (χ3n) is 5.80. The fourth-order valence-electron chi connectivity index (χ4n) is 3.91. The van der Waals surface area contributed by atoms with E-state index in [1.54, 1.807) is 13.0 Å². The Balaban J connectivity index is 1.69. The van der Waals surface area contributed by atoms with Gasteiger partial charge in [-0.25, -0.2) is 13.6 Å². The minimum atomic E-state index is -1.07. The Morgan fingerprint density at radius 2 is 1.72 bits per heavy atom. The molecule has 0 aliphatic heterocycles. The number of nitrogens with zero attached hydrogens (tertiary/aromatic N) is 1. The molecule has 1 heterocycles. The summed E-state index contributed by atoms with van der Waals surface area (Å²) in [6, 6.07) is 19.1. The number of carboxylic acid groups (broad SMARTS) is 1. The summed E-state index contributed by atoms with van der Waals surface area (Å²) < 4.78 is 29.1. The Kier molecular flexibility index (Phi) is 7.41. The molecule has 3 aromatic carbocycles. The van der Waals surface area contributed by atoms with Crippen molar-refractivity contribution in [2.75, 3.05) is 5.32 Å². The SMILES string of the molecule is Cc1cc(C(Cc2ccccc2)C(=O)Nc2ccc(C(=O)O)cc2)ncc1-c1c(F)ccc(Cl)c1F. The van der Waals surface area contributed by atoms with E-state index in [9.17, 15) is 18.4 Å². The fraction of sp³-hybridized carbons (Fsp3) is 0.107. The van der Waals surface area contributed by atoms with Crippen LogP contribution in [0, 0.1) is 18.6 Å². The molecule has 0 saturated heterocycles. The van der Waals surface area contributed by atoms with Gasteiger partial charge < -0.3 is 10.4 Å². The summed E-state index contributed by atoms with van der Waals surface area (Å²) in [6.07, 6.45) is 1.67. The molecule has 1 amide bonds. The molecular weight excluding hydrogens is 486 g/mol. The second-order valence-electron chi connectivity index (χ2n) is 8.26. The van der Waals surface area contributed by atoms with Crippen LogP contribution in [0.3, 0.4) is 0 Å². The van der Waals surface area contributed by atoms with E-state index in [4.69, 9.17) is 16.7 Å². The van der Waals surface area contributed by atoms with Crippen LogP contribution in [0.15, 0.2) is 79.0 Å². The van der Waals surface area contributed by atoms with Crippen LogP contribution in [0.2, 0.25) is 5.02 Å². The second kappa shape index (κ2) is 10.7. The van der Waals surface area contributed by atoms with Gasteiger partial charge in [-0.2, -0.15) is 0 Å². The highest BCUT2D eigenvalue weighted by atomic mass is 35.5. The Labute approximate surface area is 211 Å². The number of anilines is 1. The predicted molar refractivity (Wildman–Crippen MR) is 134 cm³/mol. The Morgan fingerprint density at radius 1 is 1.03 bits per heavy atom. The van der Waals surface area contributed by atoms with Gasteiger partial charge in [-0.15, -0.1) is 0 Å². The molecule has 0 aliphatic rings. The highest BCUT2D eigenvalue weighted by Gasteiger charge is 2.25. The number of carbonyl (C=O) groups excluding carboxylic acids is 1. The molecule has 2 N–H and O–H groups in total. The van der Waals surface area contributed by atoms with Gasteiger partial charge in [-0.3, -0.25) is 9.78 Å². The van der Waals surface area contributed by atoms with E-state index in [0.717, 1.165) is 17.7 Å². The van der Waals surface area contributed by atoms with Gasteiger partial charge in [-0.05, 0) is 66.9 Å². The molecule has 0 spiro atoms. The van der Waals surface area contributed by atoms with Crippen LogP contribution >= 0.6 is 11.6 Å². The van der Waals surface area contributed by atoms with Crippen LogP contribution in [0.5, 0.6) is 0 Å². The predicted octanol–water partition coefficient (Wildman–Crippen LogP) is 6.65. The quantitative estimate of drug-likeness (QED) is 0.275. The average Bonchev–Trinajstić information content (AvgIpc) is 2.87. The molecule has 4 aromatic rings. The average molecular weight is 507 g/mol. The zero-order valence-electron chi connectivity index (χ0n) is 19.1. The summed E-state index contributed by atoms with van der Waals surface area (Å²) in [5.41, 5.74) is 2.33. The Morgan fingerprint density at radius 3 is 2.36 bits per heavy atom. The van der Waals surface area contributed by atoms with Crippen LogP contribution in [-0.4, -0.2) is 22.0 Å². The zero-order chi connectivity index (χ0) is 25.8. The highest BCUT2D eigenvalue weighted by molar-refractivity contribution is 6.31. The van der Waals surface area contributed by atoms with Crippen LogP contribution in [-0.2, 0) is 11.2 Å². The maximum atomic E-state index is 14.6. The summed E-state index contributed by atoms with van der Waals surface area (Å²) in [4.78, 5) is 28.9. The first kappa shape index (κ1) is 25.0. The molecule has 8 heteroatoms. The number of aromatic carboxylic acids is 1. The lowest BCUT2D eigenvalue weighted by Crippen LogP contribution is -2.24. The highest BCUT2D eigenvalue weighted by Crippen LogP contribution is 2.33. The molecule has 182 valence electrons. The Bertz CT molecular complexity index is 1430. The van der Waals surface area contributed by atoms with E-state index in [0.29, 0.717) is 23.4 Å². The van der Waals surface area contributed by atoms with Crippen molar-refractivity contribution in [2.45, 2.75) is 19.3 Å². The van der Waals surface area contributed by atoms with Crippen molar-refractivity contribution in [3.63, 3.8) is 0 Å². The molecule has 1 aromatic heterocycles. The van der Waals surface area contributed by atoms with Crippen molar-refractivity contribution in [1.29, 1.82) is 0 Å². The normalized spacial score (nSPS) is 11.7. The van der Waals surface area contributed by atoms with Crippen LogP contribution in [0.4, 0.5) is 14.5 Å². The molecule has 0 radical (unpaired) electrons. The van der Waals surface area contributed by atoms with E-state index >= 15 is 0 Å². The number of carboxylic acids is 1.